The lowest BCUT2D eigenvalue weighted by Gasteiger charge is -1.99. The quantitative estimate of drug-likeness (QED) is 0.758. The summed E-state index contributed by atoms with van der Waals surface area (Å²) in [7, 11) is 0. The Kier molecular flexibility index (Phi) is 4.03. The van der Waals surface area contributed by atoms with E-state index in [0.717, 1.165) is 5.71 Å². The highest BCUT2D eigenvalue weighted by molar-refractivity contribution is 5.93. The van der Waals surface area contributed by atoms with Crippen molar-refractivity contribution in [2.45, 2.75) is 20.4 Å². The lowest BCUT2D eigenvalue weighted by Crippen LogP contribution is -1.97. The maximum atomic E-state index is 13.2. The molecule has 1 rings (SSSR count). The maximum Gasteiger partial charge on any atom is 0.128 e. The lowest BCUT2D eigenvalue weighted by atomic mass is 10.2. The van der Waals surface area contributed by atoms with Crippen LogP contribution in [0.2, 0.25) is 0 Å². The number of hydrogen-bond acceptors (Lipinski definition) is 2. The number of halogens is 1. The Labute approximate surface area is 89.3 Å². The topological polar surface area (TPSA) is 38.4 Å². The molecule has 0 bridgehead atoms. The number of nitrogens with two attached hydrogens (primary N) is 1. The molecule has 15 heavy (non-hydrogen) atoms. The summed E-state index contributed by atoms with van der Waals surface area (Å²) in [6.07, 6.45) is 1.76. The molecule has 0 saturated heterocycles. The second-order valence-electron chi connectivity index (χ2n) is 3.44. The Morgan fingerprint density at radius 1 is 1.40 bits per heavy atom. The van der Waals surface area contributed by atoms with E-state index >= 15 is 0 Å². The SMILES string of the molecule is CC(N)=CC(C)=NCc1ccccc1F. The van der Waals surface area contributed by atoms with E-state index in [4.69, 9.17) is 5.73 Å². The smallest absolute Gasteiger partial charge is 0.128 e. The third kappa shape index (κ3) is 3.94. The Hall–Kier alpha value is -1.64. The van der Waals surface area contributed by atoms with Gasteiger partial charge in [0.2, 0.25) is 0 Å². The van der Waals surface area contributed by atoms with Gasteiger partial charge in [-0.15, -0.1) is 0 Å². The maximum absolute atomic E-state index is 13.2. The summed E-state index contributed by atoms with van der Waals surface area (Å²) in [6.45, 7) is 3.99. The zero-order valence-electron chi connectivity index (χ0n) is 9.00. The molecule has 0 atom stereocenters. The largest absolute Gasteiger partial charge is 0.402 e. The molecule has 0 fully saturated rings. The van der Waals surface area contributed by atoms with Gasteiger partial charge in [-0.3, -0.25) is 4.99 Å². The van der Waals surface area contributed by atoms with Crippen LogP contribution in [0, 0.1) is 5.82 Å². The molecule has 80 valence electrons. The molecule has 0 radical (unpaired) electrons. The van der Waals surface area contributed by atoms with Gasteiger partial charge >= 0.3 is 0 Å². The van der Waals surface area contributed by atoms with Crippen LogP contribution in [0.15, 0.2) is 41.0 Å². The minimum atomic E-state index is -0.220. The van der Waals surface area contributed by atoms with E-state index in [2.05, 4.69) is 4.99 Å². The predicted octanol–water partition coefficient (Wildman–Crippen LogP) is 2.65. The van der Waals surface area contributed by atoms with Crippen molar-refractivity contribution < 1.29 is 4.39 Å². The highest BCUT2D eigenvalue weighted by Crippen LogP contribution is 2.07. The highest BCUT2D eigenvalue weighted by Gasteiger charge is 1.98. The standard InChI is InChI=1S/C12H15FN2/c1-9(14)7-10(2)15-8-11-5-3-4-6-12(11)13/h3-7H,8,14H2,1-2H3. The van der Waals surface area contributed by atoms with Crippen LogP contribution in [0.3, 0.4) is 0 Å². The summed E-state index contributed by atoms with van der Waals surface area (Å²) in [5, 5.41) is 0. The van der Waals surface area contributed by atoms with Gasteiger partial charge in [0.05, 0.1) is 6.54 Å². The third-order valence-electron chi connectivity index (χ3n) is 1.89. The van der Waals surface area contributed by atoms with Crippen LogP contribution in [0.4, 0.5) is 4.39 Å². The molecule has 2 nitrogen and oxygen atoms in total. The average Bonchev–Trinajstić information content (AvgIpc) is 2.15. The fourth-order valence-corrected chi connectivity index (χ4v) is 1.21. The van der Waals surface area contributed by atoms with Gasteiger partial charge < -0.3 is 5.73 Å². The number of hydrogen-bond donors (Lipinski definition) is 1. The van der Waals surface area contributed by atoms with Crippen LogP contribution in [0.1, 0.15) is 19.4 Å². The van der Waals surface area contributed by atoms with Crippen LogP contribution in [0.5, 0.6) is 0 Å². The molecule has 3 heteroatoms. The molecule has 2 N–H and O–H groups in total. The van der Waals surface area contributed by atoms with E-state index in [-0.39, 0.29) is 5.82 Å². The molecule has 0 aliphatic heterocycles. The van der Waals surface area contributed by atoms with Gasteiger partial charge in [0.25, 0.3) is 0 Å². The van der Waals surface area contributed by atoms with Crippen molar-refractivity contribution in [3.05, 3.63) is 47.4 Å². The average molecular weight is 206 g/mol. The van der Waals surface area contributed by atoms with Gasteiger partial charge in [-0.25, -0.2) is 4.39 Å². The molecule has 0 unspecified atom stereocenters. The minimum Gasteiger partial charge on any atom is -0.402 e. The molecule has 0 amide bonds. The minimum absolute atomic E-state index is 0.220. The first-order chi connectivity index (χ1) is 7.09. The molecule has 0 saturated carbocycles. The molecule has 0 aromatic heterocycles. The van der Waals surface area contributed by atoms with Crippen LogP contribution in [0.25, 0.3) is 0 Å². The van der Waals surface area contributed by atoms with Crippen molar-refractivity contribution in [1.29, 1.82) is 0 Å². The van der Waals surface area contributed by atoms with E-state index < -0.39 is 0 Å². The van der Waals surface area contributed by atoms with Crippen molar-refractivity contribution in [2.24, 2.45) is 10.7 Å². The highest BCUT2D eigenvalue weighted by atomic mass is 19.1. The van der Waals surface area contributed by atoms with E-state index in [9.17, 15) is 4.39 Å². The molecule has 0 aliphatic carbocycles. The first-order valence-electron chi connectivity index (χ1n) is 4.78. The second kappa shape index (κ2) is 5.29. The van der Waals surface area contributed by atoms with Gasteiger partial charge in [-0.1, -0.05) is 18.2 Å². The first kappa shape index (κ1) is 11.4. The molecular formula is C12H15FN2. The Balaban J connectivity index is 2.72. The fraction of sp³-hybridized carbons (Fsp3) is 0.250. The van der Waals surface area contributed by atoms with Crippen molar-refractivity contribution >= 4 is 5.71 Å². The zero-order chi connectivity index (χ0) is 11.3. The number of allylic oxidation sites excluding steroid dienone is 2. The number of benzene rings is 1. The van der Waals surface area contributed by atoms with Gasteiger partial charge in [0, 0.05) is 17.0 Å². The molecule has 1 aromatic rings. The Morgan fingerprint density at radius 2 is 2.07 bits per heavy atom. The monoisotopic (exact) mass is 206 g/mol. The summed E-state index contributed by atoms with van der Waals surface area (Å²) < 4.78 is 13.2. The van der Waals surface area contributed by atoms with Crippen LogP contribution >= 0.6 is 0 Å². The van der Waals surface area contributed by atoms with Crippen LogP contribution in [-0.4, -0.2) is 5.71 Å². The zero-order valence-corrected chi connectivity index (χ0v) is 9.00. The molecular weight excluding hydrogens is 191 g/mol. The summed E-state index contributed by atoms with van der Waals surface area (Å²) in [4.78, 5) is 4.22. The number of aliphatic imine (C=N–C) groups is 1. The van der Waals surface area contributed by atoms with Crippen molar-refractivity contribution in [1.82, 2.24) is 0 Å². The van der Waals surface area contributed by atoms with Gasteiger partial charge in [0.15, 0.2) is 0 Å². The van der Waals surface area contributed by atoms with Crippen LogP contribution < -0.4 is 5.73 Å². The van der Waals surface area contributed by atoms with Crippen molar-refractivity contribution in [2.75, 3.05) is 0 Å². The second-order valence-corrected chi connectivity index (χ2v) is 3.44. The number of rotatable bonds is 3. The summed E-state index contributed by atoms with van der Waals surface area (Å²) in [6, 6.07) is 6.63. The van der Waals surface area contributed by atoms with E-state index in [0.29, 0.717) is 17.8 Å². The van der Waals surface area contributed by atoms with Crippen molar-refractivity contribution in [3.63, 3.8) is 0 Å². The summed E-state index contributed by atoms with van der Waals surface area (Å²) in [5.74, 6) is -0.220. The lowest BCUT2D eigenvalue weighted by molar-refractivity contribution is 0.611. The van der Waals surface area contributed by atoms with Crippen LogP contribution in [-0.2, 0) is 6.54 Å². The van der Waals surface area contributed by atoms with Crippen molar-refractivity contribution in [3.8, 4) is 0 Å². The fourth-order valence-electron chi connectivity index (χ4n) is 1.21. The van der Waals surface area contributed by atoms with Gasteiger partial charge in [0.1, 0.15) is 5.82 Å². The molecule has 0 spiro atoms. The van der Waals surface area contributed by atoms with E-state index in [1.165, 1.54) is 6.07 Å². The normalized spacial score (nSPS) is 13.0. The number of nitrogens with zero attached hydrogens (tertiary/aromatic N) is 1. The summed E-state index contributed by atoms with van der Waals surface area (Å²) in [5.41, 5.74) is 7.60. The van der Waals surface area contributed by atoms with E-state index in [1.54, 1.807) is 31.2 Å². The molecule has 1 aromatic carbocycles. The summed E-state index contributed by atoms with van der Waals surface area (Å²) >= 11 is 0. The molecule has 0 aliphatic rings. The third-order valence-corrected chi connectivity index (χ3v) is 1.89. The first-order valence-corrected chi connectivity index (χ1v) is 4.78. The predicted molar refractivity (Wildman–Crippen MR) is 61.2 cm³/mol. The Morgan fingerprint density at radius 3 is 2.67 bits per heavy atom. The van der Waals surface area contributed by atoms with Gasteiger partial charge in [-0.05, 0) is 26.0 Å². The molecule has 0 heterocycles. The Bertz CT molecular complexity index is 390. The van der Waals surface area contributed by atoms with Gasteiger partial charge in [-0.2, -0.15) is 0 Å². The van der Waals surface area contributed by atoms with E-state index in [1.807, 2.05) is 6.92 Å².